The molecule has 84 valence electrons. The van der Waals surface area contributed by atoms with Crippen LogP contribution in [-0.4, -0.2) is 28.7 Å². The van der Waals surface area contributed by atoms with Crippen molar-refractivity contribution in [2.45, 2.75) is 11.9 Å². The van der Waals surface area contributed by atoms with Crippen molar-refractivity contribution in [2.75, 3.05) is 18.1 Å². The highest BCUT2D eigenvalue weighted by Gasteiger charge is 2.04. The number of halogens is 1. The molecule has 15 heavy (non-hydrogen) atoms. The smallest absolute Gasteiger partial charge is 0.0861 e. The summed E-state index contributed by atoms with van der Waals surface area (Å²) < 4.78 is 0.962. The minimum absolute atomic E-state index is 0.192. The van der Waals surface area contributed by atoms with Crippen molar-refractivity contribution >= 4 is 33.4 Å². The molecule has 0 heterocycles. The third-order valence-corrected chi connectivity index (χ3v) is 3.52. The number of hydrogen-bond donors (Lipinski definition) is 3. The zero-order chi connectivity index (χ0) is 11.3. The van der Waals surface area contributed by atoms with Crippen LogP contribution >= 0.6 is 27.7 Å². The van der Waals surface area contributed by atoms with Gasteiger partial charge in [-0.2, -0.15) is 11.8 Å². The molecule has 3 nitrogen and oxygen atoms in total. The van der Waals surface area contributed by atoms with Crippen molar-refractivity contribution in [3.8, 4) is 0 Å². The van der Waals surface area contributed by atoms with Gasteiger partial charge in [-0.1, -0.05) is 22.0 Å². The van der Waals surface area contributed by atoms with Crippen LogP contribution in [0.3, 0.4) is 0 Å². The fourth-order valence-corrected chi connectivity index (χ4v) is 2.41. The minimum Gasteiger partial charge on any atom is -0.398 e. The average Bonchev–Trinajstić information content (AvgIpc) is 2.21. The largest absolute Gasteiger partial charge is 0.398 e. The van der Waals surface area contributed by atoms with E-state index < -0.39 is 6.10 Å². The van der Waals surface area contributed by atoms with Gasteiger partial charge in [-0.25, -0.2) is 0 Å². The topological polar surface area (TPSA) is 66.5 Å². The van der Waals surface area contributed by atoms with E-state index >= 15 is 0 Å². The Labute approximate surface area is 102 Å². The van der Waals surface area contributed by atoms with Crippen molar-refractivity contribution < 1.29 is 10.2 Å². The molecule has 0 aliphatic heterocycles. The Balaban J connectivity index is 2.44. The summed E-state index contributed by atoms with van der Waals surface area (Å²) in [5.74, 6) is 1.27. The molecule has 1 rings (SSSR count). The van der Waals surface area contributed by atoms with E-state index in [0.29, 0.717) is 5.75 Å². The first-order valence-electron chi connectivity index (χ1n) is 4.54. The Hall–Kier alpha value is -0.230. The number of anilines is 1. The molecule has 5 heteroatoms. The van der Waals surface area contributed by atoms with Crippen molar-refractivity contribution in [1.82, 2.24) is 0 Å². The SMILES string of the molecule is Nc1cc(Br)ccc1CSCC(O)CO. The average molecular weight is 292 g/mol. The second-order valence-corrected chi connectivity index (χ2v) is 5.14. The van der Waals surface area contributed by atoms with Gasteiger partial charge in [0.15, 0.2) is 0 Å². The Bertz CT molecular complexity index is 322. The van der Waals surface area contributed by atoms with E-state index in [-0.39, 0.29) is 6.61 Å². The third kappa shape index (κ3) is 4.42. The predicted molar refractivity (Wildman–Crippen MR) is 67.8 cm³/mol. The number of hydrogen-bond acceptors (Lipinski definition) is 4. The summed E-state index contributed by atoms with van der Waals surface area (Å²) in [6.07, 6.45) is -0.647. The summed E-state index contributed by atoms with van der Waals surface area (Å²) in [4.78, 5) is 0. The summed E-state index contributed by atoms with van der Waals surface area (Å²) in [7, 11) is 0. The van der Waals surface area contributed by atoms with Crippen LogP contribution in [-0.2, 0) is 5.75 Å². The van der Waals surface area contributed by atoms with Gasteiger partial charge in [-0.3, -0.25) is 0 Å². The van der Waals surface area contributed by atoms with E-state index in [9.17, 15) is 0 Å². The normalized spacial score (nSPS) is 12.7. The molecule has 1 aromatic rings. The summed E-state index contributed by atoms with van der Waals surface area (Å²) in [5.41, 5.74) is 7.61. The highest BCUT2D eigenvalue weighted by Crippen LogP contribution is 2.22. The highest BCUT2D eigenvalue weighted by molar-refractivity contribution is 9.10. The Morgan fingerprint density at radius 1 is 1.47 bits per heavy atom. The van der Waals surface area contributed by atoms with Gasteiger partial charge in [0, 0.05) is 21.7 Å². The molecule has 0 amide bonds. The molecule has 0 aliphatic carbocycles. The van der Waals surface area contributed by atoms with Gasteiger partial charge in [0.2, 0.25) is 0 Å². The van der Waals surface area contributed by atoms with Gasteiger partial charge >= 0.3 is 0 Å². The molecule has 0 aromatic heterocycles. The lowest BCUT2D eigenvalue weighted by Crippen LogP contribution is -2.14. The Morgan fingerprint density at radius 3 is 2.80 bits per heavy atom. The van der Waals surface area contributed by atoms with Crippen molar-refractivity contribution in [2.24, 2.45) is 0 Å². The van der Waals surface area contributed by atoms with Crippen LogP contribution in [0.25, 0.3) is 0 Å². The van der Waals surface area contributed by atoms with E-state index in [1.165, 1.54) is 0 Å². The molecule has 0 bridgehead atoms. The van der Waals surface area contributed by atoms with E-state index in [2.05, 4.69) is 15.9 Å². The number of nitrogens with two attached hydrogens (primary N) is 1. The maximum Gasteiger partial charge on any atom is 0.0861 e. The van der Waals surface area contributed by atoms with E-state index in [1.807, 2.05) is 18.2 Å². The second kappa shape index (κ2) is 6.37. The molecule has 4 N–H and O–H groups in total. The van der Waals surface area contributed by atoms with Crippen LogP contribution in [0.1, 0.15) is 5.56 Å². The number of aliphatic hydroxyl groups excluding tert-OH is 2. The van der Waals surface area contributed by atoms with Crippen LogP contribution in [0.2, 0.25) is 0 Å². The maximum atomic E-state index is 9.14. The summed E-state index contributed by atoms with van der Waals surface area (Å²) in [6.45, 7) is -0.192. The van der Waals surface area contributed by atoms with Gasteiger partial charge < -0.3 is 15.9 Å². The lowest BCUT2D eigenvalue weighted by molar-refractivity contribution is 0.113. The second-order valence-electron chi connectivity index (χ2n) is 3.19. The molecule has 0 saturated carbocycles. The molecule has 0 radical (unpaired) electrons. The lowest BCUT2D eigenvalue weighted by Gasteiger charge is -2.08. The lowest BCUT2D eigenvalue weighted by atomic mass is 10.2. The molecule has 1 aromatic carbocycles. The zero-order valence-corrected chi connectivity index (χ0v) is 10.6. The van der Waals surface area contributed by atoms with Gasteiger partial charge in [0.1, 0.15) is 0 Å². The minimum atomic E-state index is -0.647. The van der Waals surface area contributed by atoms with E-state index in [0.717, 1.165) is 21.5 Å². The number of benzene rings is 1. The van der Waals surface area contributed by atoms with Crippen molar-refractivity contribution in [3.63, 3.8) is 0 Å². The van der Waals surface area contributed by atoms with Gasteiger partial charge in [0.25, 0.3) is 0 Å². The van der Waals surface area contributed by atoms with Crippen molar-refractivity contribution in [1.29, 1.82) is 0 Å². The van der Waals surface area contributed by atoms with Crippen LogP contribution < -0.4 is 5.73 Å². The first kappa shape index (κ1) is 12.8. The fourth-order valence-electron chi connectivity index (χ4n) is 1.05. The first-order valence-corrected chi connectivity index (χ1v) is 6.49. The molecule has 0 spiro atoms. The molecule has 0 aliphatic rings. The van der Waals surface area contributed by atoms with Crippen LogP contribution in [0, 0.1) is 0 Å². The van der Waals surface area contributed by atoms with E-state index in [4.69, 9.17) is 15.9 Å². The monoisotopic (exact) mass is 291 g/mol. The third-order valence-electron chi connectivity index (χ3n) is 1.89. The fraction of sp³-hybridized carbons (Fsp3) is 0.400. The number of nitrogen functional groups attached to an aromatic ring is 1. The Morgan fingerprint density at radius 2 is 2.20 bits per heavy atom. The number of aliphatic hydroxyl groups is 2. The molecule has 0 saturated heterocycles. The Kier molecular flexibility index (Phi) is 5.45. The first-order chi connectivity index (χ1) is 7.13. The van der Waals surface area contributed by atoms with Gasteiger partial charge in [-0.05, 0) is 17.7 Å². The molecular weight excluding hydrogens is 278 g/mol. The number of rotatable bonds is 5. The standard InChI is InChI=1S/C10H14BrNO2S/c11-8-2-1-7(10(12)3-8)5-15-6-9(14)4-13/h1-3,9,13-14H,4-6,12H2. The molecule has 1 atom stereocenters. The molecule has 1 unspecified atom stereocenters. The highest BCUT2D eigenvalue weighted by atomic mass is 79.9. The summed E-state index contributed by atoms with van der Waals surface area (Å²) in [5, 5.41) is 17.8. The summed E-state index contributed by atoms with van der Waals surface area (Å²) in [6, 6.07) is 5.75. The quantitative estimate of drug-likeness (QED) is 0.721. The number of thioether (sulfide) groups is 1. The predicted octanol–water partition coefficient (Wildman–Crippen LogP) is 1.62. The zero-order valence-electron chi connectivity index (χ0n) is 8.19. The maximum absolute atomic E-state index is 9.14. The van der Waals surface area contributed by atoms with Crippen LogP contribution in [0.15, 0.2) is 22.7 Å². The van der Waals surface area contributed by atoms with Gasteiger partial charge in [0.05, 0.1) is 12.7 Å². The summed E-state index contributed by atoms with van der Waals surface area (Å²) >= 11 is 4.89. The molecular formula is C10H14BrNO2S. The van der Waals surface area contributed by atoms with E-state index in [1.54, 1.807) is 11.8 Å². The van der Waals surface area contributed by atoms with Crippen molar-refractivity contribution in [3.05, 3.63) is 28.2 Å². The van der Waals surface area contributed by atoms with Crippen LogP contribution in [0.4, 0.5) is 5.69 Å². The van der Waals surface area contributed by atoms with Crippen LogP contribution in [0.5, 0.6) is 0 Å². The van der Waals surface area contributed by atoms with Gasteiger partial charge in [-0.15, -0.1) is 0 Å². The molecule has 0 fully saturated rings.